The molecule has 2 N–H and O–H groups in total. The van der Waals surface area contributed by atoms with Gasteiger partial charge in [-0.25, -0.2) is 18.2 Å². The first-order valence-corrected chi connectivity index (χ1v) is 14.5. The highest BCUT2D eigenvalue weighted by Gasteiger charge is 2.48. The topological polar surface area (TPSA) is 117 Å². The maximum Gasteiger partial charge on any atom is 0.253 e. The number of benzene rings is 1. The van der Waals surface area contributed by atoms with Crippen LogP contribution in [0, 0.1) is 18.8 Å². The van der Waals surface area contributed by atoms with Gasteiger partial charge < -0.3 is 5.32 Å². The number of aryl methyl sites for hydroxylation is 2. The molecule has 0 unspecified atom stereocenters. The Labute approximate surface area is 214 Å². The summed E-state index contributed by atoms with van der Waals surface area (Å²) in [7, 11) is -2.08. The molecule has 0 bridgehead atoms. The summed E-state index contributed by atoms with van der Waals surface area (Å²) in [4.78, 5) is 34.1. The van der Waals surface area contributed by atoms with Crippen LogP contribution in [-0.2, 0) is 37.3 Å². The van der Waals surface area contributed by atoms with E-state index >= 15 is 0 Å². The summed E-state index contributed by atoms with van der Waals surface area (Å²) in [5.41, 5.74) is 4.21. The number of rotatable bonds is 8. The second-order valence-corrected chi connectivity index (χ2v) is 12.7. The zero-order chi connectivity index (χ0) is 25.9. The van der Waals surface area contributed by atoms with E-state index in [1.54, 1.807) is 0 Å². The monoisotopic (exact) mass is 518 g/mol. The molecule has 1 aromatic carbocycles. The number of nitrogens with zero attached hydrogens (tertiary/aromatic N) is 2. The maximum absolute atomic E-state index is 13.1. The van der Waals surface area contributed by atoms with Gasteiger partial charge in [0.05, 0.1) is 19.3 Å². The van der Waals surface area contributed by atoms with Gasteiger partial charge in [0.1, 0.15) is 11.4 Å². The fourth-order valence-electron chi connectivity index (χ4n) is 5.59. The smallest absolute Gasteiger partial charge is 0.253 e. The lowest BCUT2D eigenvalue weighted by Gasteiger charge is -2.34. The predicted molar refractivity (Wildman–Crippen MR) is 138 cm³/mol. The van der Waals surface area contributed by atoms with E-state index in [-0.39, 0.29) is 24.0 Å². The fourth-order valence-corrected chi connectivity index (χ4v) is 7.07. The summed E-state index contributed by atoms with van der Waals surface area (Å²) in [6.45, 7) is 4.80. The molecular weight excluding hydrogens is 480 g/mol. The average Bonchev–Trinajstić information content (AvgIpc) is 3.14. The van der Waals surface area contributed by atoms with Gasteiger partial charge in [0.2, 0.25) is 15.9 Å². The Hall–Kier alpha value is -2.30. The Morgan fingerprint density at radius 1 is 1.22 bits per heavy atom. The Kier molecular flexibility index (Phi) is 8.16. The minimum atomic E-state index is -3.47. The minimum absolute atomic E-state index is 0.00528. The number of piperidine rings is 1. The van der Waals surface area contributed by atoms with Crippen LogP contribution in [0.2, 0.25) is 0 Å². The van der Waals surface area contributed by atoms with Crippen molar-refractivity contribution in [3.05, 3.63) is 34.9 Å². The molecule has 1 saturated carbocycles. The summed E-state index contributed by atoms with van der Waals surface area (Å²) < 4.78 is 27.7. The van der Waals surface area contributed by atoms with Crippen molar-refractivity contribution in [2.75, 3.05) is 26.0 Å². The zero-order valence-corrected chi connectivity index (χ0v) is 22.3. The molecule has 9 nitrogen and oxygen atoms in total. The van der Waals surface area contributed by atoms with Crippen molar-refractivity contribution < 1.29 is 22.8 Å². The number of aliphatic imine (C=N–C) groups is 1. The number of carbonyl (C=O) groups is 2. The molecule has 0 aromatic heterocycles. The normalized spacial score (nSPS) is 24.4. The first-order valence-electron chi connectivity index (χ1n) is 12.9. The lowest BCUT2D eigenvalue weighted by atomic mass is 9.82. The van der Waals surface area contributed by atoms with Crippen molar-refractivity contribution >= 4 is 27.7 Å². The van der Waals surface area contributed by atoms with Crippen LogP contribution in [0.1, 0.15) is 62.1 Å². The molecule has 2 aliphatic heterocycles. The molecule has 4 rings (SSSR count). The molecule has 1 aromatic rings. The molecule has 0 radical (unpaired) electrons. The molecule has 1 saturated heterocycles. The maximum atomic E-state index is 13.1. The molecule has 10 heteroatoms. The van der Waals surface area contributed by atoms with Crippen LogP contribution in [-0.4, -0.2) is 61.9 Å². The minimum Gasteiger partial charge on any atom is -0.312 e. The van der Waals surface area contributed by atoms with Gasteiger partial charge in [-0.3, -0.25) is 19.4 Å². The van der Waals surface area contributed by atoms with E-state index in [1.165, 1.54) is 11.4 Å². The highest BCUT2D eigenvalue weighted by atomic mass is 32.2. The van der Waals surface area contributed by atoms with Crippen molar-refractivity contribution in [1.82, 2.24) is 15.1 Å². The summed E-state index contributed by atoms with van der Waals surface area (Å²) in [6.07, 6.45) is 5.84. The highest BCUT2D eigenvalue weighted by Crippen LogP contribution is 2.36. The number of nitrogens with one attached hydrogen (secondary N) is 2. The van der Waals surface area contributed by atoms with E-state index in [0.29, 0.717) is 38.3 Å². The zero-order valence-electron chi connectivity index (χ0n) is 21.5. The second kappa shape index (κ2) is 11.0. The lowest BCUT2D eigenvalue weighted by Crippen LogP contribution is -2.51. The third-order valence-electron chi connectivity index (χ3n) is 7.96. The van der Waals surface area contributed by atoms with Gasteiger partial charge in [0.15, 0.2) is 0 Å². The van der Waals surface area contributed by atoms with Gasteiger partial charge in [-0.15, -0.1) is 0 Å². The van der Waals surface area contributed by atoms with E-state index in [2.05, 4.69) is 22.6 Å². The van der Waals surface area contributed by atoms with Gasteiger partial charge in [-0.2, -0.15) is 0 Å². The van der Waals surface area contributed by atoms with Crippen molar-refractivity contribution in [3.63, 3.8) is 0 Å². The van der Waals surface area contributed by atoms with Gasteiger partial charge >= 0.3 is 0 Å². The van der Waals surface area contributed by atoms with E-state index in [4.69, 9.17) is 4.99 Å². The Morgan fingerprint density at radius 2 is 1.92 bits per heavy atom. The highest BCUT2D eigenvalue weighted by molar-refractivity contribution is 7.89. The second-order valence-electron chi connectivity index (χ2n) is 10.6. The fraction of sp³-hybridized carbons (Fsp3) is 0.654. The Morgan fingerprint density at radius 3 is 2.56 bits per heavy atom. The predicted octanol–water partition coefficient (Wildman–Crippen LogP) is 2.28. The molecule has 198 valence electrons. The first-order chi connectivity index (χ1) is 17.1. The molecule has 2 fully saturated rings. The summed E-state index contributed by atoms with van der Waals surface area (Å²) in [6, 6.07) is 5.63. The molecule has 2 amide bonds. The molecule has 2 heterocycles. The number of carbonyl (C=O) groups excluding carboxylic acids is 2. The third-order valence-corrected chi connectivity index (χ3v) is 9.83. The van der Waals surface area contributed by atoms with Crippen LogP contribution in [0.5, 0.6) is 0 Å². The number of sulfonamides is 1. The number of hydroxylamine groups is 1. The van der Waals surface area contributed by atoms with Gasteiger partial charge in [0, 0.05) is 19.0 Å². The number of hydrogen-bond donors (Lipinski definition) is 2. The Bertz CT molecular complexity index is 1120. The third kappa shape index (κ3) is 5.98. The van der Waals surface area contributed by atoms with Crippen LogP contribution in [0.4, 0.5) is 0 Å². The van der Waals surface area contributed by atoms with Crippen LogP contribution in [0.3, 0.4) is 0 Å². The van der Waals surface area contributed by atoms with Crippen molar-refractivity contribution in [2.24, 2.45) is 16.8 Å². The standard InChI is InChI=1S/C26H38N4O5S/c1-18-4-7-22(8-5-18)24-27-25(32)26(28-24)11-13-30(14-12-26)36(33,34)15-10-21-9-6-20(16-19(21)2)17-23(31)29-35-3/h6,9,16,18,22H,4-5,7-8,10-15,17H2,1-3H3,(H,29,31)(H,27,28,32). The number of amidine groups is 1. The van der Waals surface area contributed by atoms with Crippen LogP contribution < -0.4 is 10.8 Å². The van der Waals surface area contributed by atoms with E-state index in [9.17, 15) is 18.0 Å². The van der Waals surface area contributed by atoms with Crippen LogP contribution in [0.15, 0.2) is 23.2 Å². The summed E-state index contributed by atoms with van der Waals surface area (Å²) in [5.74, 6) is 1.56. The Balaban J connectivity index is 1.33. The first kappa shape index (κ1) is 26.8. The van der Waals surface area contributed by atoms with Gasteiger partial charge in [-0.1, -0.05) is 38.0 Å². The molecule has 36 heavy (non-hydrogen) atoms. The van der Waals surface area contributed by atoms with E-state index in [0.717, 1.165) is 54.1 Å². The number of amides is 2. The number of hydrogen-bond acceptors (Lipinski definition) is 6. The average molecular weight is 519 g/mol. The lowest BCUT2D eigenvalue weighted by molar-refractivity contribution is -0.130. The molecule has 1 aliphatic carbocycles. The largest absolute Gasteiger partial charge is 0.312 e. The van der Waals surface area contributed by atoms with E-state index < -0.39 is 15.6 Å². The van der Waals surface area contributed by atoms with Crippen molar-refractivity contribution in [1.29, 1.82) is 0 Å². The van der Waals surface area contributed by atoms with Crippen LogP contribution >= 0.6 is 0 Å². The molecule has 1 spiro atoms. The van der Waals surface area contributed by atoms with Crippen molar-refractivity contribution in [2.45, 2.75) is 70.8 Å². The SMILES string of the molecule is CONC(=O)Cc1ccc(CCS(=O)(=O)N2CCC3(CC2)N=C(C2CCC(C)CC2)NC3=O)c(C)c1. The summed E-state index contributed by atoms with van der Waals surface area (Å²) in [5, 5.41) is 3.04. The summed E-state index contributed by atoms with van der Waals surface area (Å²) >= 11 is 0. The van der Waals surface area contributed by atoms with Gasteiger partial charge in [-0.05, 0) is 61.6 Å². The van der Waals surface area contributed by atoms with E-state index in [1.807, 2.05) is 25.1 Å². The molecule has 0 atom stereocenters. The molecular formula is C26H38N4O5S. The van der Waals surface area contributed by atoms with Crippen molar-refractivity contribution in [3.8, 4) is 0 Å². The quantitative estimate of drug-likeness (QED) is 0.512. The van der Waals surface area contributed by atoms with Gasteiger partial charge in [0.25, 0.3) is 5.91 Å². The molecule has 3 aliphatic rings. The van der Waals surface area contributed by atoms with Crippen LogP contribution in [0.25, 0.3) is 0 Å².